The van der Waals surface area contributed by atoms with Gasteiger partial charge in [-0.2, -0.15) is 0 Å². The van der Waals surface area contributed by atoms with E-state index in [0.717, 1.165) is 24.6 Å². The predicted molar refractivity (Wildman–Crippen MR) is 86.7 cm³/mol. The first-order chi connectivity index (χ1) is 10.7. The summed E-state index contributed by atoms with van der Waals surface area (Å²) in [6, 6.07) is 2.13. The van der Waals surface area contributed by atoms with Gasteiger partial charge < -0.3 is 4.57 Å². The van der Waals surface area contributed by atoms with E-state index in [4.69, 9.17) is 0 Å². The Morgan fingerprint density at radius 1 is 1.27 bits per heavy atom. The van der Waals surface area contributed by atoms with Crippen LogP contribution in [0.4, 0.5) is 0 Å². The Morgan fingerprint density at radius 2 is 2.14 bits per heavy atom. The lowest BCUT2D eigenvalue weighted by Crippen LogP contribution is -2.19. The molecule has 0 aromatic carbocycles. The molecule has 1 fully saturated rings. The van der Waals surface area contributed by atoms with E-state index in [1.54, 1.807) is 11.3 Å². The van der Waals surface area contributed by atoms with Crippen molar-refractivity contribution in [3.05, 3.63) is 41.4 Å². The van der Waals surface area contributed by atoms with Crippen LogP contribution in [0.3, 0.4) is 0 Å². The van der Waals surface area contributed by atoms with E-state index in [0.29, 0.717) is 5.41 Å². The molecule has 114 valence electrons. The summed E-state index contributed by atoms with van der Waals surface area (Å²) in [5.74, 6) is 1.08. The van der Waals surface area contributed by atoms with Crippen molar-refractivity contribution in [3.8, 4) is 10.6 Å². The maximum absolute atomic E-state index is 4.35. The molecule has 0 N–H and O–H groups in total. The van der Waals surface area contributed by atoms with Crippen molar-refractivity contribution < 1.29 is 0 Å². The Morgan fingerprint density at radius 3 is 2.77 bits per heavy atom. The maximum Gasteiger partial charge on any atom is 0.123 e. The van der Waals surface area contributed by atoms with Crippen molar-refractivity contribution in [2.75, 3.05) is 0 Å². The average Bonchev–Trinajstić information content (AvgIpc) is 2.85. The van der Waals surface area contributed by atoms with Crippen LogP contribution in [0.1, 0.15) is 24.2 Å². The number of nitrogens with zero attached hydrogens (tertiary/aromatic N) is 5. The summed E-state index contributed by atoms with van der Waals surface area (Å²) >= 11 is 1.73. The molecule has 3 aromatic rings. The average molecular weight is 313 g/mol. The number of aryl methyl sites for hydroxylation is 2. The van der Waals surface area contributed by atoms with E-state index in [-0.39, 0.29) is 0 Å². The Labute approximate surface area is 133 Å². The molecule has 1 aliphatic carbocycles. The SMILES string of the molecule is Cc1ccsc1-c1cn(CC2(Cn3ccnc3C)CC2)nn1. The van der Waals surface area contributed by atoms with E-state index < -0.39 is 0 Å². The van der Waals surface area contributed by atoms with Crippen LogP contribution in [0.25, 0.3) is 10.6 Å². The van der Waals surface area contributed by atoms with Gasteiger partial charge in [-0.3, -0.25) is 4.68 Å². The Hall–Kier alpha value is -1.95. The Balaban J connectivity index is 1.51. The monoisotopic (exact) mass is 313 g/mol. The number of aromatic nitrogens is 5. The molecular formula is C16H19N5S. The quantitative estimate of drug-likeness (QED) is 0.726. The molecule has 1 aliphatic rings. The predicted octanol–water partition coefficient (Wildman–Crippen LogP) is 3.30. The molecule has 0 atom stereocenters. The topological polar surface area (TPSA) is 48.5 Å². The van der Waals surface area contributed by atoms with Gasteiger partial charge in [0.05, 0.1) is 17.6 Å². The molecule has 0 bridgehead atoms. The normalized spacial score (nSPS) is 16.1. The molecule has 3 aromatic heterocycles. The maximum atomic E-state index is 4.35. The van der Waals surface area contributed by atoms with Gasteiger partial charge in [-0.25, -0.2) is 4.98 Å². The van der Waals surface area contributed by atoms with Crippen molar-refractivity contribution in [2.24, 2.45) is 5.41 Å². The second-order valence-electron chi connectivity index (χ2n) is 6.34. The van der Waals surface area contributed by atoms with Crippen LogP contribution < -0.4 is 0 Å². The lowest BCUT2D eigenvalue weighted by Gasteiger charge is -2.16. The summed E-state index contributed by atoms with van der Waals surface area (Å²) in [7, 11) is 0. The lowest BCUT2D eigenvalue weighted by atomic mass is 10.1. The summed E-state index contributed by atoms with van der Waals surface area (Å²) in [5.41, 5.74) is 2.58. The first kappa shape index (κ1) is 13.7. The minimum absolute atomic E-state index is 0.320. The van der Waals surface area contributed by atoms with Gasteiger partial charge in [0.1, 0.15) is 11.5 Å². The summed E-state index contributed by atoms with van der Waals surface area (Å²) in [5, 5.41) is 10.8. The summed E-state index contributed by atoms with van der Waals surface area (Å²) in [6.45, 7) is 6.13. The highest BCUT2D eigenvalue weighted by Crippen LogP contribution is 2.48. The van der Waals surface area contributed by atoms with Crippen molar-refractivity contribution in [1.29, 1.82) is 0 Å². The van der Waals surface area contributed by atoms with Crippen LogP contribution in [0.15, 0.2) is 30.0 Å². The summed E-state index contributed by atoms with van der Waals surface area (Å²) in [4.78, 5) is 5.54. The minimum atomic E-state index is 0.320. The second kappa shape index (κ2) is 5.05. The first-order valence-electron chi connectivity index (χ1n) is 7.58. The third kappa shape index (κ3) is 2.47. The molecular weight excluding hydrogens is 294 g/mol. The van der Waals surface area contributed by atoms with Gasteiger partial charge in [-0.15, -0.1) is 16.4 Å². The molecule has 0 aliphatic heterocycles. The van der Waals surface area contributed by atoms with Crippen LogP contribution in [0.2, 0.25) is 0 Å². The van der Waals surface area contributed by atoms with E-state index in [1.165, 1.54) is 23.3 Å². The van der Waals surface area contributed by atoms with E-state index >= 15 is 0 Å². The molecule has 22 heavy (non-hydrogen) atoms. The highest BCUT2D eigenvalue weighted by Gasteiger charge is 2.43. The number of imidazole rings is 1. The minimum Gasteiger partial charge on any atom is -0.335 e. The molecule has 0 amide bonds. The molecule has 0 unspecified atom stereocenters. The fourth-order valence-electron chi connectivity index (χ4n) is 2.93. The third-order valence-corrected chi connectivity index (χ3v) is 5.56. The Kier molecular flexibility index (Phi) is 3.14. The van der Waals surface area contributed by atoms with Crippen molar-refractivity contribution >= 4 is 11.3 Å². The number of thiophene rings is 1. The van der Waals surface area contributed by atoms with E-state index in [1.807, 2.05) is 10.9 Å². The molecule has 4 rings (SSSR count). The highest BCUT2D eigenvalue weighted by molar-refractivity contribution is 7.13. The van der Waals surface area contributed by atoms with Crippen LogP contribution in [0.5, 0.6) is 0 Å². The van der Waals surface area contributed by atoms with Gasteiger partial charge in [0.25, 0.3) is 0 Å². The van der Waals surface area contributed by atoms with E-state index in [9.17, 15) is 0 Å². The lowest BCUT2D eigenvalue weighted by molar-refractivity contribution is 0.338. The van der Waals surface area contributed by atoms with Gasteiger partial charge in [0.15, 0.2) is 0 Å². The fraction of sp³-hybridized carbons (Fsp3) is 0.438. The fourth-order valence-corrected chi connectivity index (χ4v) is 3.81. The number of hydrogen-bond acceptors (Lipinski definition) is 4. The van der Waals surface area contributed by atoms with E-state index in [2.05, 4.69) is 57.6 Å². The van der Waals surface area contributed by atoms with Crippen molar-refractivity contribution in [2.45, 2.75) is 39.8 Å². The smallest absolute Gasteiger partial charge is 0.123 e. The molecule has 1 saturated carbocycles. The van der Waals surface area contributed by atoms with Gasteiger partial charge in [0, 0.05) is 24.4 Å². The largest absolute Gasteiger partial charge is 0.335 e. The standard InChI is InChI=1S/C16H19N5S/c1-12-3-8-22-15(12)14-9-21(19-18-14)11-16(4-5-16)10-20-7-6-17-13(20)2/h3,6-9H,4-5,10-11H2,1-2H3. The van der Waals surface area contributed by atoms with Gasteiger partial charge in [0.2, 0.25) is 0 Å². The zero-order chi connectivity index (χ0) is 15.2. The Bertz CT molecular complexity index is 793. The number of rotatable bonds is 5. The molecule has 0 radical (unpaired) electrons. The van der Waals surface area contributed by atoms with Crippen LogP contribution in [-0.4, -0.2) is 24.5 Å². The van der Waals surface area contributed by atoms with Gasteiger partial charge >= 0.3 is 0 Å². The summed E-state index contributed by atoms with van der Waals surface area (Å²) in [6.07, 6.45) is 8.52. The molecule has 3 heterocycles. The number of hydrogen-bond donors (Lipinski definition) is 0. The second-order valence-corrected chi connectivity index (χ2v) is 7.25. The van der Waals surface area contributed by atoms with Crippen molar-refractivity contribution in [3.63, 3.8) is 0 Å². The van der Waals surface area contributed by atoms with Crippen LogP contribution in [-0.2, 0) is 13.1 Å². The van der Waals surface area contributed by atoms with Gasteiger partial charge in [-0.05, 0) is 43.7 Å². The zero-order valence-corrected chi connectivity index (χ0v) is 13.7. The third-order valence-electron chi connectivity index (χ3n) is 4.52. The molecule has 0 saturated heterocycles. The zero-order valence-electron chi connectivity index (χ0n) is 12.9. The van der Waals surface area contributed by atoms with Crippen molar-refractivity contribution in [1.82, 2.24) is 24.5 Å². The summed E-state index contributed by atoms with van der Waals surface area (Å²) < 4.78 is 4.25. The molecule has 5 nitrogen and oxygen atoms in total. The first-order valence-corrected chi connectivity index (χ1v) is 8.46. The molecule has 6 heteroatoms. The van der Waals surface area contributed by atoms with Gasteiger partial charge in [-0.1, -0.05) is 5.21 Å². The highest BCUT2D eigenvalue weighted by atomic mass is 32.1. The van der Waals surface area contributed by atoms with Crippen LogP contribution in [0, 0.1) is 19.3 Å². The van der Waals surface area contributed by atoms with Crippen LogP contribution >= 0.6 is 11.3 Å². The molecule has 0 spiro atoms.